The first-order valence-electron chi connectivity index (χ1n) is 8.25. The van der Waals surface area contributed by atoms with E-state index in [1.165, 1.54) is 12.3 Å². The highest BCUT2D eigenvalue weighted by molar-refractivity contribution is 7.89. The molecular formula is C16H27N5O2S. The molecule has 0 saturated carbocycles. The Morgan fingerprint density at radius 3 is 2.83 bits per heavy atom. The Bertz CT molecular complexity index is 662. The fraction of sp³-hybridized carbons (Fsp3) is 0.625. The van der Waals surface area contributed by atoms with Gasteiger partial charge in [-0.1, -0.05) is 13.8 Å². The molecule has 134 valence electrons. The van der Waals surface area contributed by atoms with Crippen molar-refractivity contribution < 1.29 is 8.42 Å². The topological polar surface area (TPSA) is 86.7 Å². The number of aliphatic imine (C=N–C) groups is 1. The average Bonchev–Trinajstić information content (AvgIpc) is 2.98. The van der Waals surface area contributed by atoms with Crippen LogP contribution in [0.15, 0.2) is 34.4 Å². The first-order chi connectivity index (χ1) is 11.4. The quantitative estimate of drug-likeness (QED) is 0.454. The molecule has 1 fully saturated rings. The maximum atomic E-state index is 12.1. The van der Waals surface area contributed by atoms with Gasteiger partial charge in [0.05, 0.1) is 0 Å². The van der Waals surface area contributed by atoms with Crippen molar-refractivity contribution in [3.05, 3.63) is 24.5 Å². The predicted octanol–water partition coefficient (Wildman–Crippen LogP) is 1.06. The first-order valence-corrected chi connectivity index (χ1v) is 9.74. The van der Waals surface area contributed by atoms with E-state index in [1.54, 1.807) is 19.3 Å². The van der Waals surface area contributed by atoms with Crippen LogP contribution in [0.5, 0.6) is 0 Å². The highest BCUT2D eigenvalue weighted by Crippen LogP contribution is 2.32. The van der Waals surface area contributed by atoms with Gasteiger partial charge in [0.25, 0.3) is 0 Å². The SMILES string of the molecule is CCC1(C)CCN(C(=NC)NCCNS(=O)(=O)c2cccnc2)C1. The van der Waals surface area contributed by atoms with Crippen LogP contribution in [0.1, 0.15) is 26.7 Å². The molecule has 1 aromatic rings. The predicted molar refractivity (Wildman–Crippen MR) is 95.4 cm³/mol. The number of pyridine rings is 1. The van der Waals surface area contributed by atoms with Crippen molar-refractivity contribution in [1.29, 1.82) is 0 Å². The standard InChI is InChI=1S/C16H27N5O2S/c1-4-16(2)7-11-21(13-16)15(17-3)19-9-10-20-24(22,23)14-6-5-8-18-12-14/h5-6,8,12,20H,4,7,9-11,13H2,1-3H3,(H,17,19). The number of rotatable bonds is 6. The smallest absolute Gasteiger partial charge is 0.242 e. The Kier molecular flexibility index (Phi) is 6.17. The zero-order chi connectivity index (χ0) is 17.6. The van der Waals surface area contributed by atoms with E-state index in [1.807, 2.05) is 0 Å². The lowest BCUT2D eigenvalue weighted by Gasteiger charge is -2.25. The minimum atomic E-state index is -3.51. The number of hydrogen-bond donors (Lipinski definition) is 2. The Balaban J connectivity index is 1.81. The minimum absolute atomic E-state index is 0.174. The van der Waals surface area contributed by atoms with Crippen molar-refractivity contribution in [2.45, 2.75) is 31.6 Å². The highest BCUT2D eigenvalue weighted by atomic mass is 32.2. The Labute approximate surface area is 144 Å². The molecule has 7 nitrogen and oxygen atoms in total. The zero-order valence-electron chi connectivity index (χ0n) is 14.6. The lowest BCUT2D eigenvalue weighted by atomic mass is 9.87. The highest BCUT2D eigenvalue weighted by Gasteiger charge is 2.33. The van der Waals surface area contributed by atoms with E-state index in [9.17, 15) is 8.42 Å². The largest absolute Gasteiger partial charge is 0.355 e. The van der Waals surface area contributed by atoms with Crippen LogP contribution >= 0.6 is 0 Å². The summed E-state index contributed by atoms with van der Waals surface area (Å²) in [5.74, 6) is 0.827. The number of aromatic nitrogens is 1. The molecule has 0 aliphatic carbocycles. The molecule has 0 amide bonds. The molecule has 0 aromatic carbocycles. The second kappa shape index (κ2) is 7.94. The van der Waals surface area contributed by atoms with E-state index >= 15 is 0 Å². The second-order valence-electron chi connectivity index (χ2n) is 6.40. The Hall–Kier alpha value is -1.67. The van der Waals surface area contributed by atoms with Gasteiger partial charge < -0.3 is 10.2 Å². The van der Waals surface area contributed by atoms with E-state index in [0.717, 1.165) is 31.9 Å². The third-order valence-electron chi connectivity index (χ3n) is 4.57. The summed E-state index contributed by atoms with van der Waals surface area (Å²) in [5, 5.41) is 3.23. The normalized spacial score (nSPS) is 22.0. The number of sulfonamides is 1. The minimum Gasteiger partial charge on any atom is -0.355 e. The molecule has 24 heavy (non-hydrogen) atoms. The van der Waals surface area contributed by atoms with Crippen LogP contribution in [0.25, 0.3) is 0 Å². The van der Waals surface area contributed by atoms with E-state index < -0.39 is 10.0 Å². The van der Waals surface area contributed by atoms with E-state index in [2.05, 4.69) is 38.8 Å². The average molecular weight is 353 g/mol. The van der Waals surface area contributed by atoms with Crippen LogP contribution in [-0.2, 0) is 10.0 Å². The van der Waals surface area contributed by atoms with Gasteiger partial charge >= 0.3 is 0 Å². The van der Waals surface area contributed by atoms with Gasteiger partial charge in [-0.25, -0.2) is 13.1 Å². The number of likely N-dealkylation sites (tertiary alicyclic amines) is 1. The monoisotopic (exact) mass is 353 g/mol. The molecule has 1 aliphatic heterocycles. The summed E-state index contributed by atoms with van der Waals surface area (Å²) in [4.78, 5) is 10.5. The van der Waals surface area contributed by atoms with Crippen LogP contribution in [0.3, 0.4) is 0 Å². The van der Waals surface area contributed by atoms with Gasteiger partial charge in [-0.05, 0) is 30.4 Å². The molecule has 0 bridgehead atoms. The van der Waals surface area contributed by atoms with Gasteiger partial charge in [0, 0.05) is 45.6 Å². The molecule has 1 saturated heterocycles. The Morgan fingerprint density at radius 1 is 1.46 bits per heavy atom. The molecule has 1 aromatic heterocycles. The van der Waals surface area contributed by atoms with Crippen molar-refractivity contribution in [3.8, 4) is 0 Å². The molecule has 1 aliphatic rings. The van der Waals surface area contributed by atoms with E-state index in [4.69, 9.17) is 0 Å². The Morgan fingerprint density at radius 2 is 2.25 bits per heavy atom. The first kappa shape index (κ1) is 18.7. The molecular weight excluding hydrogens is 326 g/mol. The fourth-order valence-electron chi connectivity index (χ4n) is 2.77. The van der Waals surface area contributed by atoms with Crippen LogP contribution < -0.4 is 10.0 Å². The van der Waals surface area contributed by atoms with Gasteiger partial charge in [-0.3, -0.25) is 9.98 Å². The number of nitrogens with one attached hydrogen (secondary N) is 2. The van der Waals surface area contributed by atoms with Gasteiger partial charge in [-0.15, -0.1) is 0 Å². The van der Waals surface area contributed by atoms with Crippen LogP contribution in [0.4, 0.5) is 0 Å². The van der Waals surface area contributed by atoms with Crippen molar-refractivity contribution in [3.63, 3.8) is 0 Å². The second-order valence-corrected chi connectivity index (χ2v) is 8.16. The number of guanidine groups is 1. The molecule has 0 radical (unpaired) electrons. The molecule has 2 rings (SSSR count). The summed E-state index contributed by atoms with van der Waals surface area (Å²) in [7, 11) is -1.76. The molecule has 1 atom stereocenters. The van der Waals surface area contributed by atoms with Crippen LogP contribution in [0, 0.1) is 5.41 Å². The van der Waals surface area contributed by atoms with Crippen molar-refractivity contribution in [2.75, 3.05) is 33.2 Å². The third-order valence-corrected chi connectivity index (χ3v) is 6.01. The van der Waals surface area contributed by atoms with E-state index in [0.29, 0.717) is 12.0 Å². The number of hydrogen-bond acceptors (Lipinski definition) is 4. The van der Waals surface area contributed by atoms with Gasteiger partial charge in [-0.2, -0.15) is 0 Å². The molecule has 8 heteroatoms. The zero-order valence-corrected chi connectivity index (χ0v) is 15.4. The summed E-state index contributed by atoms with van der Waals surface area (Å²) in [5.41, 5.74) is 0.333. The van der Waals surface area contributed by atoms with Gasteiger partial charge in [0.1, 0.15) is 4.90 Å². The number of nitrogens with zero attached hydrogens (tertiary/aromatic N) is 3. The van der Waals surface area contributed by atoms with Gasteiger partial charge in [0.2, 0.25) is 10.0 Å². The summed E-state index contributed by atoms with van der Waals surface area (Å²) in [6, 6.07) is 3.13. The van der Waals surface area contributed by atoms with Crippen molar-refractivity contribution >= 4 is 16.0 Å². The lowest BCUT2D eigenvalue weighted by Crippen LogP contribution is -2.43. The van der Waals surface area contributed by atoms with E-state index in [-0.39, 0.29) is 11.4 Å². The molecule has 0 spiro atoms. The lowest BCUT2D eigenvalue weighted by molar-refractivity contribution is 0.322. The summed E-state index contributed by atoms with van der Waals surface area (Å²) in [6.07, 6.45) is 5.18. The van der Waals surface area contributed by atoms with Crippen molar-refractivity contribution in [2.24, 2.45) is 10.4 Å². The van der Waals surface area contributed by atoms with Crippen LogP contribution in [0.2, 0.25) is 0 Å². The van der Waals surface area contributed by atoms with Crippen LogP contribution in [-0.4, -0.2) is 57.5 Å². The summed E-state index contributed by atoms with van der Waals surface area (Å²) in [6.45, 7) is 7.23. The molecule has 2 N–H and O–H groups in total. The molecule has 1 unspecified atom stereocenters. The maximum absolute atomic E-state index is 12.1. The third kappa shape index (κ3) is 4.67. The van der Waals surface area contributed by atoms with Gasteiger partial charge in [0.15, 0.2) is 5.96 Å². The molecule has 2 heterocycles. The fourth-order valence-corrected chi connectivity index (χ4v) is 3.77. The van der Waals surface area contributed by atoms with Crippen molar-refractivity contribution in [1.82, 2.24) is 19.9 Å². The summed E-state index contributed by atoms with van der Waals surface area (Å²) < 4.78 is 26.8. The maximum Gasteiger partial charge on any atom is 0.242 e. The summed E-state index contributed by atoms with van der Waals surface area (Å²) >= 11 is 0.